The van der Waals surface area contributed by atoms with E-state index in [1.165, 1.54) is 28.0 Å². The van der Waals surface area contributed by atoms with Crippen LogP contribution in [-0.2, 0) is 9.47 Å². The summed E-state index contributed by atoms with van der Waals surface area (Å²) in [6, 6.07) is 6.98. The highest BCUT2D eigenvalue weighted by Gasteiger charge is 2.34. The zero-order valence-corrected chi connectivity index (χ0v) is 24.9. The summed E-state index contributed by atoms with van der Waals surface area (Å²) in [5, 5.41) is 18.5. The fourth-order valence-corrected chi connectivity index (χ4v) is 5.00. The van der Waals surface area contributed by atoms with Gasteiger partial charge in [-0.1, -0.05) is 6.07 Å². The summed E-state index contributed by atoms with van der Waals surface area (Å²) < 4.78 is 27.2. The molecule has 1 aromatic carbocycles. The maximum absolute atomic E-state index is 14.4. The summed E-state index contributed by atoms with van der Waals surface area (Å²) in [6.07, 6.45) is 2.15. The van der Waals surface area contributed by atoms with Crippen molar-refractivity contribution < 1.29 is 28.6 Å². The largest absolute Gasteiger partial charge is 0.444 e. The van der Waals surface area contributed by atoms with Crippen molar-refractivity contribution in [3.63, 3.8) is 0 Å². The molecule has 2 amide bonds. The molecule has 226 valence electrons. The van der Waals surface area contributed by atoms with Crippen molar-refractivity contribution in [3.05, 3.63) is 47.9 Å². The smallest absolute Gasteiger partial charge is 0.420 e. The van der Waals surface area contributed by atoms with Gasteiger partial charge in [0.15, 0.2) is 5.65 Å². The van der Waals surface area contributed by atoms with Crippen LogP contribution in [0, 0.1) is 5.82 Å². The molecule has 2 atom stereocenters. The SMILES string of the molecule is CC(C)(C)OC(=O)N1C[C@@H](O)C[C@H](Nc2cc(N(C(=O)OC(C)(C)C)c3cccc(F)c3)n3ncc(C4CC4)c3n2)C1. The lowest BCUT2D eigenvalue weighted by Gasteiger charge is -2.37. The predicted octanol–water partition coefficient (Wildman–Crippen LogP) is 5.60. The summed E-state index contributed by atoms with van der Waals surface area (Å²) in [4.78, 5) is 34.1. The second-order valence-corrected chi connectivity index (χ2v) is 13.0. The molecule has 12 heteroatoms. The lowest BCUT2D eigenvalue weighted by atomic mass is 10.0. The van der Waals surface area contributed by atoms with Gasteiger partial charge in [0.2, 0.25) is 0 Å². The number of likely N-dealkylation sites (tertiary alicyclic amines) is 1. The Morgan fingerprint density at radius 2 is 1.79 bits per heavy atom. The van der Waals surface area contributed by atoms with Crippen LogP contribution in [0.3, 0.4) is 0 Å². The Kier molecular flexibility index (Phi) is 7.78. The lowest BCUT2D eigenvalue weighted by molar-refractivity contribution is 0.00177. The fraction of sp³-hybridized carbons (Fsp3) is 0.533. The van der Waals surface area contributed by atoms with Gasteiger partial charge in [-0.15, -0.1) is 0 Å². The Labute approximate surface area is 244 Å². The number of β-amino-alcohol motifs (C(OH)–C–C–N with tert-alkyl or cyclic N) is 1. The third-order valence-electron chi connectivity index (χ3n) is 6.80. The highest BCUT2D eigenvalue weighted by molar-refractivity contribution is 5.96. The van der Waals surface area contributed by atoms with Crippen molar-refractivity contribution >= 4 is 35.2 Å². The summed E-state index contributed by atoms with van der Waals surface area (Å²) in [5.41, 5.74) is 0.274. The number of aliphatic hydroxyl groups excluding tert-OH is 1. The van der Waals surface area contributed by atoms with Gasteiger partial charge >= 0.3 is 12.2 Å². The number of rotatable bonds is 5. The van der Waals surface area contributed by atoms with Crippen LogP contribution in [0.15, 0.2) is 36.5 Å². The molecule has 2 aliphatic rings. The Bertz CT molecular complexity index is 1480. The summed E-state index contributed by atoms with van der Waals surface area (Å²) in [6.45, 7) is 11.1. The fourth-order valence-electron chi connectivity index (χ4n) is 5.00. The second kappa shape index (κ2) is 11.0. The van der Waals surface area contributed by atoms with Gasteiger partial charge < -0.3 is 24.8 Å². The molecule has 1 saturated heterocycles. The number of anilines is 3. The molecule has 42 heavy (non-hydrogen) atoms. The number of carbonyl (C=O) groups is 2. The first-order valence-corrected chi connectivity index (χ1v) is 14.3. The van der Waals surface area contributed by atoms with E-state index < -0.39 is 35.3 Å². The topological polar surface area (TPSA) is 122 Å². The highest BCUT2D eigenvalue weighted by Crippen LogP contribution is 2.43. The lowest BCUT2D eigenvalue weighted by Crippen LogP contribution is -2.52. The number of aliphatic hydroxyl groups is 1. The van der Waals surface area contributed by atoms with Crippen LogP contribution >= 0.6 is 0 Å². The first-order chi connectivity index (χ1) is 19.7. The van der Waals surface area contributed by atoms with Crippen LogP contribution in [0.2, 0.25) is 0 Å². The van der Waals surface area contributed by atoms with E-state index in [2.05, 4.69) is 10.4 Å². The molecule has 0 spiro atoms. The standard InChI is InChI=1S/C30H39FN6O5/c1-29(2,3)41-27(39)35-16-20(13-22(38)17-35)33-24-14-25(37-26(34-24)23(15-32-37)18-10-11-18)36(28(40)42-30(4,5)6)21-9-7-8-19(31)12-21/h7-9,12,14-15,18,20,22,38H,10-11,13,16-17H2,1-6H3,(H,33,34)/t20-,22-/m0/s1. The van der Waals surface area contributed by atoms with E-state index >= 15 is 0 Å². The summed E-state index contributed by atoms with van der Waals surface area (Å²) >= 11 is 0. The molecule has 1 aliphatic heterocycles. The molecule has 2 N–H and O–H groups in total. The van der Waals surface area contributed by atoms with Gasteiger partial charge in [-0.25, -0.2) is 23.9 Å². The van der Waals surface area contributed by atoms with Crippen LogP contribution in [0.5, 0.6) is 0 Å². The number of nitrogens with one attached hydrogen (secondary N) is 1. The van der Waals surface area contributed by atoms with Gasteiger partial charge in [0.1, 0.15) is 28.7 Å². The number of amides is 2. The molecule has 1 saturated carbocycles. The van der Waals surface area contributed by atoms with Gasteiger partial charge in [0, 0.05) is 24.2 Å². The third-order valence-corrected chi connectivity index (χ3v) is 6.80. The number of hydrogen-bond acceptors (Lipinski definition) is 8. The maximum Gasteiger partial charge on any atom is 0.420 e. The molecule has 11 nitrogen and oxygen atoms in total. The molecule has 1 aliphatic carbocycles. The van der Waals surface area contributed by atoms with E-state index in [0.29, 0.717) is 29.6 Å². The van der Waals surface area contributed by atoms with Crippen LogP contribution in [0.4, 0.5) is 31.3 Å². The molecule has 0 bridgehead atoms. The number of aromatic nitrogens is 3. The second-order valence-electron chi connectivity index (χ2n) is 13.0. The zero-order valence-electron chi connectivity index (χ0n) is 24.9. The van der Waals surface area contributed by atoms with Crippen molar-refractivity contribution in [2.24, 2.45) is 0 Å². The van der Waals surface area contributed by atoms with Crippen LogP contribution < -0.4 is 10.2 Å². The number of benzene rings is 1. The normalized spacial score (nSPS) is 19.5. The van der Waals surface area contributed by atoms with Crippen molar-refractivity contribution in [2.75, 3.05) is 23.3 Å². The number of nitrogens with zero attached hydrogens (tertiary/aromatic N) is 5. The molecule has 3 heterocycles. The Morgan fingerprint density at radius 3 is 2.43 bits per heavy atom. The average Bonchev–Trinajstić information content (AvgIpc) is 3.60. The van der Waals surface area contributed by atoms with Gasteiger partial charge in [-0.3, -0.25) is 0 Å². The number of carbonyl (C=O) groups excluding carboxylic acids is 2. The molecule has 2 aromatic heterocycles. The van der Waals surface area contributed by atoms with E-state index in [1.807, 2.05) is 0 Å². The molecule has 0 unspecified atom stereocenters. The van der Waals surface area contributed by atoms with Crippen LogP contribution in [-0.4, -0.2) is 73.2 Å². The van der Waals surface area contributed by atoms with Gasteiger partial charge in [0.25, 0.3) is 0 Å². The van der Waals surface area contributed by atoms with Crippen molar-refractivity contribution in [2.45, 2.75) is 90.1 Å². The Hall–Kier alpha value is -3.93. The Balaban J connectivity index is 1.55. The van der Waals surface area contributed by atoms with Crippen molar-refractivity contribution in [1.29, 1.82) is 0 Å². The Morgan fingerprint density at radius 1 is 1.07 bits per heavy atom. The summed E-state index contributed by atoms with van der Waals surface area (Å²) in [5.74, 6) is 0.506. The average molecular weight is 583 g/mol. The molecular formula is C30H39FN6O5. The quantitative estimate of drug-likeness (QED) is 0.399. The van der Waals surface area contributed by atoms with E-state index in [9.17, 15) is 19.1 Å². The molecular weight excluding hydrogens is 543 g/mol. The van der Waals surface area contributed by atoms with E-state index in [1.54, 1.807) is 64.4 Å². The first-order valence-electron chi connectivity index (χ1n) is 14.3. The number of hydrogen-bond donors (Lipinski definition) is 2. The minimum absolute atomic E-state index is 0.158. The number of halogens is 1. The van der Waals surface area contributed by atoms with Crippen molar-refractivity contribution in [1.82, 2.24) is 19.5 Å². The van der Waals surface area contributed by atoms with E-state index in [-0.39, 0.29) is 24.8 Å². The highest BCUT2D eigenvalue weighted by atomic mass is 19.1. The maximum atomic E-state index is 14.4. The molecule has 0 radical (unpaired) electrons. The predicted molar refractivity (Wildman–Crippen MR) is 156 cm³/mol. The summed E-state index contributed by atoms with van der Waals surface area (Å²) in [7, 11) is 0. The minimum Gasteiger partial charge on any atom is -0.444 e. The molecule has 5 rings (SSSR count). The van der Waals surface area contributed by atoms with Gasteiger partial charge in [-0.2, -0.15) is 9.61 Å². The monoisotopic (exact) mass is 582 g/mol. The minimum atomic E-state index is -0.817. The number of fused-ring (bicyclic) bond motifs is 1. The van der Waals surface area contributed by atoms with Crippen molar-refractivity contribution in [3.8, 4) is 0 Å². The van der Waals surface area contributed by atoms with Crippen LogP contribution in [0.1, 0.15) is 72.3 Å². The van der Waals surface area contributed by atoms with Gasteiger partial charge in [-0.05, 0) is 84.9 Å². The van der Waals surface area contributed by atoms with Gasteiger partial charge in [0.05, 0.1) is 24.5 Å². The third kappa shape index (κ3) is 6.92. The molecule has 2 fully saturated rings. The van der Waals surface area contributed by atoms with Crippen LogP contribution in [0.25, 0.3) is 5.65 Å². The zero-order chi connectivity index (χ0) is 30.4. The van der Waals surface area contributed by atoms with E-state index in [0.717, 1.165) is 18.4 Å². The number of piperidine rings is 1. The molecule has 3 aromatic rings. The first kappa shape index (κ1) is 29.6. The van der Waals surface area contributed by atoms with E-state index in [4.69, 9.17) is 14.5 Å². The number of ether oxygens (including phenoxy) is 2.